The third-order valence-electron chi connectivity index (χ3n) is 9.00. The minimum Gasteiger partial charge on any atom is -0.508 e. The number of unbranched alkanes of at least 4 members (excludes halogenated alkanes) is 1. The van der Waals surface area contributed by atoms with E-state index < -0.39 is 52.0 Å². The van der Waals surface area contributed by atoms with E-state index in [4.69, 9.17) is 5.73 Å². The van der Waals surface area contributed by atoms with Gasteiger partial charge >= 0.3 is 0 Å². The summed E-state index contributed by atoms with van der Waals surface area (Å²) in [7, 11) is 3.81. The van der Waals surface area contributed by atoms with Gasteiger partial charge in [0.1, 0.15) is 22.8 Å². The third-order valence-corrected chi connectivity index (χ3v) is 9.00. The molecule has 1 unspecified atom stereocenters. The molecule has 0 saturated heterocycles. The average molecular weight is 554 g/mol. The molecular weight excluding hydrogens is 514 g/mol. The number of carbonyl (C=O) groups excluding carboxylic acids is 3. The second-order valence-electron chi connectivity index (χ2n) is 12.1. The van der Waals surface area contributed by atoms with Crippen molar-refractivity contribution in [2.45, 2.75) is 64.0 Å². The molecule has 3 atom stereocenters. The van der Waals surface area contributed by atoms with Crippen LogP contribution < -0.4 is 10.6 Å². The van der Waals surface area contributed by atoms with E-state index in [-0.39, 0.29) is 29.7 Å². The van der Waals surface area contributed by atoms with Crippen molar-refractivity contribution in [2.24, 2.45) is 23.5 Å². The van der Waals surface area contributed by atoms with Gasteiger partial charge in [0.2, 0.25) is 5.78 Å². The van der Waals surface area contributed by atoms with E-state index in [9.17, 15) is 34.8 Å². The Morgan fingerprint density at radius 1 is 1.15 bits per heavy atom. The molecule has 1 amide bonds. The van der Waals surface area contributed by atoms with Crippen molar-refractivity contribution in [3.8, 4) is 5.75 Å². The molecular formula is C30H39N3O7. The number of primary amides is 1. The van der Waals surface area contributed by atoms with E-state index in [1.54, 1.807) is 6.07 Å². The number of amides is 1. The summed E-state index contributed by atoms with van der Waals surface area (Å²) in [6, 6.07) is 1.64. The van der Waals surface area contributed by atoms with E-state index in [0.29, 0.717) is 24.4 Å². The molecule has 0 bridgehead atoms. The summed E-state index contributed by atoms with van der Waals surface area (Å²) < 4.78 is 0. The number of hydrogen-bond acceptors (Lipinski definition) is 9. The molecule has 0 aromatic heterocycles. The first-order valence-electron chi connectivity index (χ1n) is 14.1. The molecule has 0 radical (unpaired) electrons. The number of benzene rings is 1. The maximum absolute atomic E-state index is 13.7. The number of aliphatic hydroxyl groups excluding tert-OH is 2. The lowest BCUT2D eigenvalue weighted by Gasteiger charge is -2.46. The molecule has 10 nitrogen and oxygen atoms in total. The van der Waals surface area contributed by atoms with Crippen molar-refractivity contribution in [1.29, 1.82) is 0 Å². The van der Waals surface area contributed by atoms with Gasteiger partial charge in [0, 0.05) is 50.8 Å². The Bertz CT molecular complexity index is 1340. The first-order valence-corrected chi connectivity index (χ1v) is 14.1. The highest BCUT2D eigenvalue weighted by atomic mass is 16.3. The lowest BCUT2D eigenvalue weighted by atomic mass is 9.59. The summed E-state index contributed by atoms with van der Waals surface area (Å²) >= 11 is 0. The number of fused-ring (bicyclic) bond motifs is 3. The second kappa shape index (κ2) is 10.2. The number of phenolic OH excluding ortho intramolecular Hbond substituents is 1. The number of phenols is 1. The fourth-order valence-corrected chi connectivity index (χ4v) is 6.95. The van der Waals surface area contributed by atoms with Crippen LogP contribution in [0.15, 0.2) is 23.0 Å². The average Bonchev–Trinajstić information content (AvgIpc) is 3.68. The highest BCUT2D eigenvalue weighted by Crippen LogP contribution is 2.53. The van der Waals surface area contributed by atoms with Crippen molar-refractivity contribution in [2.75, 3.05) is 32.1 Å². The van der Waals surface area contributed by atoms with E-state index in [1.807, 2.05) is 19.0 Å². The predicted octanol–water partition coefficient (Wildman–Crippen LogP) is 2.50. The molecule has 5 rings (SSSR count). The van der Waals surface area contributed by atoms with Crippen LogP contribution in [0.4, 0.5) is 5.69 Å². The first kappa shape index (κ1) is 28.2. The van der Waals surface area contributed by atoms with Gasteiger partial charge in [-0.05, 0) is 67.7 Å². The molecule has 10 heteroatoms. The van der Waals surface area contributed by atoms with Gasteiger partial charge in [0.15, 0.2) is 11.4 Å². The van der Waals surface area contributed by atoms with Gasteiger partial charge in [-0.25, -0.2) is 0 Å². The van der Waals surface area contributed by atoms with Crippen LogP contribution in [-0.4, -0.2) is 75.6 Å². The largest absolute Gasteiger partial charge is 0.508 e. The fraction of sp³-hybridized carbons (Fsp3) is 0.567. The number of anilines is 1. The molecule has 40 heavy (non-hydrogen) atoms. The summed E-state index contributed by atoms with van der Waals surface area (Å²) in [6.45, 7) is 4.74. The third kappa shape index (κ3) is 4.47. The summed E-state index contributed by atoms with van der Waals surface area (Å²) in [5.74, 6) is -5.47. The standard InChI is InChI=1S/C30H39N3O7/c1-4-5-8-33(13-15-6-7-15)14-17-11-20(34)23-19(25(17)32(2)3)10-16-9-18-12-21(35)24(29(31)39)28(38)30(18,40)27(37)22(16)26(23)36/h11,15-16,18,34,36,38,40H,4-10,12-14H2,1-3H3,(H2,31,39)/t16?,18-,30-/m0/s1. The van der Waals surface area contributed by atoms with Crippen LogP contribution in [0.5, 0.6) is 5.75 Å². The summed E-state index contributed by atoms with van der Waals surface area (Å²) in [4.78, 5) is 42.6. The Hall–Kier alpha value is -3.37. The van der Waals surface area contributed by atoms with Gasteiger partial charge in [0.05, 0.1) is 5.56 Å². The minimum absolute atomic E-state index is 0.116. The Labute approximate surface area is 233 Å². The molecule has 2 saturated carbocycles. The molecule has 0 spiro atoms. The zero-order valence-corrected chi connectivity index (χ0v) is 23.4. The molecule has 1 aromatic carbocycles. The Morgan fingerprint density at radius 2 is 1.85 bits per heavy atom. The van der Waals surface area contributed by atoms with Crippen molar-refractivity contribution in [1.82, 2.24) is 4.90 Å². The molecule has 216 valence electrons. The quantitative estimate of drug-likeness (QED) is 0.289. The van der Waals surface area contributed by atoms with Gasteiger partial charge in [-0.3, -0.25) is 19.3 Å². The minimum atomic E-state index is -2.56. The van der Waals surface area contributed by atoms with Crippen LogP contribution in [0.3, 0.4) is 0 Å². The second-order valence-corrected chi connectivity index (χ2v) is 12.1. The van der Waals surface area contributed by atoms with Crippen LogP contribution in [-0.2, 0) is 27.3 Å². The lowest BCUT2D eigenvalue weighted by molar-refractivity contribution is -0.147. The summed E-state index contributed by atoms with van der Waals surface area (Å²) in [5, 5.41) is 44.8. The Morgan fingerprint density at radius 3 is 2.45 bits per heavy atom. The van der Waals surface area contributed by atoms with Crippen LogP contribution in [0.1, 0.15) is 62.1 Å². The molecule has 6 N–H and O–H groups in total. The number of nitrogens with two attached hydrogens (primary N) is 1. The summed E-state index contributed by atoms with van der Waals surface area (Å²) in [5.41, 5.74) is 4.41. The van der Waals surface area contributed by atoms with E-state index in [0.717, 1.165) is 37.2 Å². The molecule has 2 fully saturated rings. The van der Waals surface area contributed by atoms with Gasteiger partial charge in [-0.1, -0.05) is 13.3 Å². The highest BCUT2D eigenvalue weighted by Gasteiger charge is 2.60. The van der Waals surface area contributed by atoms with Crippen molar-refractivity contribution >= 4 is 28.9 Å². The number of Topliss-reactive ketones (excluding diaryl/α,β-unsaturated/α-hetero) is 2. The maximum atomic E-state index is 13.7. The smallest absolute Gasteiger partial charge is 0.255 e. The van der Waals surface area contributed by atoms with E-state index in [1.165, 1.54) is 12.8 Å². The van der Waals surface area contributed by atoms with Crippen molar-refractivity contribution in [3.05, 3.63) is 39.7 Å². The zero-order valence-electron chi connectivity index (χ0n) is 23.4. The SMILES string of the molecule is CCCCN(Cc1cc(O)c2c(c1N(C)C)CC1C[C@H]3CC(=O)C(C(N)=O)=C(O)[C@@]3(O)C(=O)C1=C2O)CC1CC1. The van der Waals surface area contributed by atoms with Gasteiger partial charge in [-0.15, -0.1) is 0 Å². The Balaban J connectivity index is 1.60. The Kier molecular flexibility index (Phi) is 7.20. The predicted molar refractivity (Wildman–Crippen MR) is 149 cm³/mol. The molecule has 1 aromatic rings. The van der Waals surface area contributed by atoms with Crippen molar-refractivity contribution in [3.63, 3.8) is 0 Å². The fourth-order valence-electron chi connectivity index (χ4n) is 6.95. The number of hydrogen-bond donors (Lipinski definition) is 5. The van der Waals surface area contributed by atoms with Gasteiger partial charge in [-0.2, -0.15) is 0 Å². The number of aliphatic hydroxyl groups is 3. The number of rotatable bonds is 9. The zero-order chi connectivity index (χ0) is 29.1. The maximum Gasteiger partial charge on any atom is 0.255 e. The molecule has 0 heterocycles. The van der Waals surface area contributed by atoms with Crippen molar-refractivity contribution < 1.29 is 34.8 Å². The molecule has 4 aliphatic carbocycles. The van der Waals surface area contributed by atoms with Crippen LogP contribution in [0, 0.1) is 17.8 Å². The number of carbonyl (C=O) groups is 3. The highest BCUT2D eigenvalue weighted by molar-refractivity contribution is 6.22. The van der Waals surface area contributed by atoms with E-state index >= 15 is 0 Å². The van der Waals surface area contributed by atoms with Gasteiger partial charge in [0.25, 0.3) is 5.91 Å². The first-order chi connectivity index (χ1) is 18.9. The van der Waals surface area contributed by atoms with Gasteiger partial charge < -0.3 is 31.1 Å². The monoisotopic (exact) mass is 553 g/mol. The lowest BCUT2D eigenvalue weighted by Crippen LogP contribution is -2.58. The molecule has 0 aliphatic heterocycles. The number of ketones is 2. The van der Waals surface area contributed by atoms with Crippen LogP contribution in [0.2, 0.25) is 0 Å². The van der Waals surface area contributed by atoms with Crippen LogP contribution >= 0.6 is 0 Å². The number of nitrogens with zero attached hydrogens (tertiary/aromatic N) is 2. The number of aromatic hydroxyl groups is 1. The van der Waals surface area contributed by atoms with Crippen LogP contribution in [0.25, 0.3) is 5.76 Å². The molecule has 4 aliphatic rings. The topological polar surface area (TPSA) is 165 Å². The normalized spacial score (nSPS) is 26.1. The van der Waals surface area contributed by atoms with E-state index in [2.05, 4.69) is 11.8 Å². The summed E-state index contributed by atoms with van der Waals surface area (Å²) in [6.07, 6.45) is 4.69.